The first kappa shape index (κ1) is 24.0. The van der Waals surface area contributed by atoms with E-state index in [1.807, 2.05) is 5.48 Å². The predicted molar refractivity (Wildman–Crippen MR) is 113 cm³/mol. The lowest BCUT2D eigenvalue weighted by atomic mass is 9.99. The Labute approximate surface area is 186 Å². The second-order valence-corrected chi connectivity index (χ2v) is 7.04. The summed E-state index contributed by atoms with van der Waals surface area (Å²) in [4.78, 5) is 20.9. The number of aliphatic hydroxyl groups excluding tert-OH is 1. The highest BCUT2D eigenvalue weighted by atomic mass is 19.2. The number of rotatable bonds is 8. The lowest BCUT2D eigenvalue weighted by molar-refractivity contribution is 0.0168. The minimum atomic E-state index is -1.48. The number of hydrogen-bond acceptors (Lipinski definition) is 6. The number of halogens is 4. The molecule has 0 spiro atoms. The largest absolute Gasteiger partial charge is 0.394 e. The van der Waals surface area contributed by atoms with Gasteiger partial charge in [-0.25, -0.2) is 28.0 Å². The Bertz CT molecular complexity index is 1190. The molecule has 0 radical (unpaired) electrons. The summed E-state index contributed by atoms with van der Waals surface area (Å²) < 4.78 is 58.6. The number of anilines is 3. The maximum Gasteiger partial charge on any atom is 0.277 e. The Morgan fingerprint density at radius 3 is 2.55 bits per heavy atom. The molecule has 0 aliphatic rings. The number of nitrogens with one attached hydrogen (secondary N) is 2. The highest BCUT2D eigenvalue weighted by Crippen LogP contribution is 2.31. The number of benzene rings is 2. The number of hydrogen-bond donors (Lipinski definition) is 4. The highest BCUT2D eigenvalue weighted by molar-refractivity contribution is 6.00. The molecule has 0 aliphatic heterocycles. The molecule has 5 N–H and O–H groups in total. The van der Waals surface area contributed by atoms with E-state index in [9.17, 15) is 18.0 Å². The van der Waals surface area contributed by atoms with Crippen LogP contribution in [0.1, 0.15) is 27.0 Å². The zero-order valence-corrected chi connectivity index (χ0v) is 17.4. The van der Waals surface area contributed by atoms with Gasteiger partial charge in [0.15, 0.2) is 23.3 Å². The van der Waals surface area contributed by atoms with Gasteiger partial charge in [0.1, 0.15) is 5.82 Å². The molecule has 0 unspecified atom stereocenters. The van der Waals surface area contributed by atoms with E-state index < -0.39 is 59.3 Å². The van der Waals surface area contributed by atoms with Gasteiger partial charge in [-0.1, -0.05) is 6.07 Å². The average Bonchev–Trinajstić information content (AvgIpc) is 2.78. The number of aromatic nitrogens is 1. The lowest BCUT2D eigenvalue weighted by Crippen LogP contribution is -2.26. The number of aliphatic hydroxyl groups is 1. The smallest absolute Gasteiger partial charge is 0.277 e. The highest BCUT2D eigenvalue weighted by Gasteiger charge is 2.24. The van der Waals surface area contributed by atoms with Crippen molar-refractivity contribution in [2.45, 2.75) is 13.3 Å². The molecule has 0 aliphatic carbocycles. The zero-order valence-electron chi connectivity index (χ0n) is 17.4. The Balaban J connectivity index is 2.08. The molecule has 0 saturated heterocycles. The topological polar surface area (TPSA) is 110 Å². The molecule has 1 heterocycles. The van der Waals surface area contributed by atoms with Crippen LogP contribution in [-0.4, -0.2) is 29.2 Å². The fraction of sp³-hybridized carbons (Fsp3) is 0.182. The maximum absolute atomic E-state index is 15.1. The van der Waals surface area contributed by atoms with Crippen LogP contribution in [0.3, 0.4) is 0 Å². The quantitative estimate of drug-likeness (QED) is 0.231. The first-order valence-electron chi connectivity index (χ1n) is 9.68. The minimum Gasteiger partial charge on any atom is -0.394 e. The van der Waals surface area contributed by atoms with E-state index in [1.54, 1.807) is 6.92 Å². The molecule has 1 aromatic heterocycles. The van der Waals surface area contributed by atoms with Crippen LogP contribution in [0.25, 0.3) is 0 Å². The van der Waals surface area contributed by atoms with Crippen molar-refractivity contribution in [2.75, 3.05) is 24.3 Å². The van der Waals surface area contributed by atoms with Gasteiger partial charge in [0.05, 0.1) is 30.2 Å². The van der Waals surface area contributed by atoms with Crippen molar-refractivity contribution in [2.24, 2.45) is 0 Å². The zero-order chi connectivity index (χ0) is 24.1. The summed E-state index contributed by atoms with van der Waals surface area (Å²) in [6.45, 7) is 0.967. The summed E-state index contributed by atoms with van der Waals surface area (Å²) in [6, 6.07) is 6.23. The maximum atomic E-state index is 15.1. The third-order valence-electron chi connectivity index (χ3n) is 4.65. The molecular weight excluding hydrogens is 444 g/mol. The van der Waals surface area contributed by atoms with E-state index in [1.165, 1.54) is 30.5 Å². The summed E-state index contributed by atoms with van der Waals surface area (Å²) in [7, 11) is 0. The summed E-state index contributed by atoms with van der Waals surface area (Å²) in [5.74, 6) is -5.94. The summed E-state index contributed by atoms with van der Waals surface area (Å²) in [5.41, 5.74) is 6.26. The molecule has 0 bridgehead atoms. The fourth-order valence-electron chi connectivity index (χ4n) is 3.03. The number of carbonyl (C=O) groups is 1. The molecule has 0 fully saturated rings. The van der Waals surface area contributed by atoms with Crippen molar-refractivity contribution in [1.82, 2.24) is 10.5 Å². The number of amides is 1. The Hall–Kier alpha value is -3.70. The third-order valence-corrected chi connectivity index (χ3v) is 4.65. The number of pyridine rings is 1. The molecule has 7 nitrogen and oxygen atoms in total. The molecule has 33 heavy (non-hydrogen) atoms. The number of aryl methyl sites for hydroxylation is 1. The van der Waals surface area contributed by atoms with Gasteiger partial charge >= 0.3 is 0 Å². The van der Waals surface area contributed by atoms with Crippen LogP contribution in [0, 0.1) is 30.2 Å². The first-order valence-corrected chi connectivity index (χ1v) is 9.68. The SMILES string of the molecule is Cc1ccc(Nc2c(C(=O)NOCCO)cc(Cc3ccnc(N)c3F)c(F)c2F)c(F)c1. The lowest BCUT2D eigenvalue weighted by Gasteiger charge is -2.17. The predicted octanol–water partition coefficient (Wildman–Crippen LogP) is 3.52. The molecule has 11 heteroatoms. The summed E-state index contributed by atoms with van der Waals surface area (Å²) in [6.07, 6.45) is 0.757. The van der Waals surface area contributed by atoms with E-state index >= 15 is 4.39 Å². The van der Waals surface area contributed by atoms with E-state index in [-0.39, 0.29) is 23.4 Å². The van der Waals surface area contributed by atoms with Crippen molar-refractivity contribution in [3.8, 4) is 0 Å². The van der Waals surface area contributed by atoms with Crippen molar-refractivity contribution < 1.29 is 32.3 Å². The number of carbonyl (C=O) groups excluding carboxylic acids is 1. The van der Waals surface area contributed by atoms with Gasteiger partial charge in [-0.15, -0.1) is 0 Å². The number of nitrogens with zero attached hydrogens (tertiary/aromatic N) is 1. The van der Waals surface area contributed by atoms with Gasteiger partial charge in [0.2, 0.25) is 0 Å². The van der Waals surface area contributed by atoms with Crippen LogP contribution in [0.4, 0.5) is 34.8 Å². The van der Waals surface area contributed by atoms with Gasteiger partial charge in [-0.05, 0) is 47.9 Å². The normalized spacial score (nSPS) is 10.8. The van der Waals surface area contributed by atoms with Gasteiger partial charge in [-0.3, -0.25) is 9.63 Å². The number of hydroxylamine groups is 1. The Kier molecular flexibility index (Phi) is 7.46. The van der Waals surface area contributed by atoms with Crippen LogP contribution >= 0.6 is 0 Å². The molecule has 2 aromatic carbocycles. The van der Waals surface area contributed by atoms with Crippen molar-refractivity contribution >= 4 is 23.1 Å². The average molecular weight is 464 g/mol. The van der Waals surface area contributed by atoms with Gasteiger partial charge in [-0.2, -0.15) is 0 Å². The Morgan fingerprint density at radius 1 is 1.09 bits per heavy atom. The van der Waals surface area contributed by atoms with Crippen molar-refractivity contribution in [1.29, 1.82) is 0 Å². The molecule has 1 amide bonds. The molecule has 3 rings (SSSR count). The summed E-state index contributed by atoms with van der Waals surface area (Å²) in [5, 5.41) is 11.2. The van der Waals surface area contributed by atoms with Crippen LogP contribution in [0.2, 0.25) is 0 Å². The first-order chi connectivity index (χ1) is 15.7. The second-order valence-electron chi connectivity index (χ2n) is 7.04. The van der Waals surface area contributed by atoms with E-state index in [2.05, 4.69) is 10.3 Å². The van der Waals surface area contributed by atoms with E-state index in [0.717, 1.165) is 6.07 Å². The molecule has 0 atom stereocenters. The van der Waals surface area contributed by atoms with Crippen LogP contribution < -0.4 is 16.5 Å². The van der Waals surface area contributed by atoms with Gasteiger partial charge in [0, 0.05) is 12.6 Å². The fourth-order valence-corrected chi connectivity index (χ4v) is 3.03. The van der Waals surface area contributed by atoms with Crippen LogP contribution in [0.5, 0.6) is 0 Å². The molecule has 174 valence electrons. The van der Waals surface area contributed by atoms with E-state index in [4.69, 9.17) is 15.7 Å². The number of nitrogens with two attached hydrogens (primary N) is 1. The number of nitrogen functional groups attached to an aromatic ring is 1. The Morgan fingerprint density at radius 2 is 1.85 bits per heavy atom. The van der Waals surface area contributed by atoms with Crippen LogP contribution in [-0.2, 0) is 11.3 Å². The van der Waals surface area contributed by atoms with Crippen molar-refractivity contribution in [3.05, 3.63) is 82.1 Å². The summed E-state index contributed by atoms with van der Waals surface area (Å²) >= 11 is 0. The third kappa shape index (κ3) is 5.38. The van der Waals surface area contributed by atoms with Crippen molar-refractivity contribution in [3.63, 3.8) is 0 Å². The standard InChI is InChI=1S/C22H20F4N4O3/c1-11-2-3-16(15(23)8-11)29-20-14(22(32)30-33-7-6-31)10-13(17(24)19(20)26)9-12-4-5-28-21(27)18(12)25/h2-5,8,10,29,31H,6-7,9H2,1H3,(H2,27,28)(H,30,32). The van der Waals surface area contributed by atoms with Gasteiger partial charge < -0.3 is 16.2 Å². The molecule has 3 aromatic rings. The minimum absolute atomic E-state index is 0.0750. The van der Waals surface area contributed by atoms with Crippen LogP contribution in [0.15, 0.2) is 36.5 Å². The second kappa shape index (κ2) is 10.3. The monoisotopic (exact) mass is 464 g/mol. The van der Waals surface area contributed by atoms with Gasteiger partial charge in [0.25, 0.3) is 5.91 Å². The molecular formula is C22H20F4N4O3. The molecule has 0 saturated carbocycles. The van der Waals surface area contributed by atoms with E-state index in [0.29, 0.717) is 5.56 Å².